The molecule has 128 valence electrons. The van der Waals surface area contributed by atoms with Crippen molar-refractivity contribution >= 4 is 27.1 Å². The molecule has 0 fully saturated rings. The van der Waals surface area contributed by atoms with Gasteiger partial charge in [-0.15, -0.1) is 11.3 Å². The van der Waals surface area contributed by atoms with Crippen LogP contribution in [-0.2, 0) is 21.4 Å². The third kappa shape index (κ3) is 2.82. The molecule has 0 radical (unpaired) electrons. The first-order valence-electron chi connectivity index (χ1n) is 7.69. The van der Waals surface area contributed by atoms with Crippen LogP contribution in [0.5, 0.6) is 0 Å². The summed E-state index contributed by atoms with van der Waals surface area (Å²) in [7, 11) is -3.71. The second-order valence-electron chi connectivity index (χ2n) is 6.15. The van der Waals surface area contributed by atoms with Crippen LogP contribution in [0.2, 0.25) is 0 Å². The van der Waals surface area contributed by atoms with Crippen LogP contribution in [0.15, 0.2) is 40.6 Å². The number of carbonyl (C=O) groups is 1. The molecule has 1 N–H and O–H groups in total. The third-order valence-electron chi connectivity index (χ3n) is 4.13. The fourth-order valence-corrected chi connectivity index (χ4v) is 6.57. The topological polar surface area (TPSA) is 74.7 Å². The lowest BCUT2D eigenvalue weighted by molar-refractivity contribution is -0.126. The Morgan fingerprint density at radius 2 is 1.96 bits per heavy atom. The van der Waals surface area contributed by atoms with Crippen molar-refractivity contribution in [2.24, 2.45) is 5.92 Å². The molecule has 1 atom stereocenters. The largest absolute Gasteiger partial charge is 0.389 e. The molecule has 1 aliphatic heterocycles. The summed E-state index contributed by atoms with van der Waals surface area (Å²) in [5, 5.41) is 9.18. The van der Waals surface area contributed by atoms with E-state index in [4.69, 9.17) is 0 Å². The molecule has 24 heavy (non-hydrogen) atoms. The van der Waals surface area contributed by atoms with Crippen LogP contribution in [0.3, 0.4) is 0 Å². The summed E-state index contributed by atoms with van der Waals surface area (Å²) < 4.78 is 27.3. The van der Waals surface area contributed by atoms with Gasteiger partial charge >= 0.3 is 0 Å². The van der Waals surface area contributed by atoms with E-state index < -0.39 is 28.5 Å². The summed E-state index contributed by atoms with van der Waals surface area (Å²) in [6.07, 6.45) is 0. The number of fused-ring (bicyclic) bond motifs is 1. The van der Waals surface area contributed by atoms with Gasteiger partial charge in [0.15, 0.2) is 5.78 Å². The highest BCUT2D eigenvalue weighted by atomic mass is 32.2. The van der Waals surface area contributed by atoms with Crippen molar-refractivity contribution in [2.45, 2.75) is 30.6 Å². The van der Waals surface area contributed by atoms with E-state index in [1.807, 2.05) is 36.4 Å². The monoisotopic (exact) mass is 365 g/mol. The molecule has 7 heteroatoms. The fraction of sp³-hybridized carbons (Fsp3) is 0.353. The molecule has 0 aliphatic carbocycles. The number of thiophene rings is 1. The van der Waals surface area contributed by atoms with Crippen molar-refractivity contribution in [2.75, 3.05) is 6.61 Å². The van der Waals surface area contributed by atoms with Crippen LogP contribution >= 0.6 is 11.3 Å². The number of sulfonamides is 1. The standard InChI is InChI=1S/C17H19NO4S2/c1-11(2)16(14(20)10-19)18-9-13-8-15(12-6-4-3-5-7-12)23-17(13)24(18,21)22/h3-8,11,16,19H,9-10H2,1-2H3/t16-/m1/s1. The summed E-state index contributed by atoms with van der Waals surface area (Å²) in [4.78, 5) is 12.9. The predicted octanol–water partition coefficient (Wildman–Crippen LogP) is 2.51. The zero-order valence-corrected chi connectivity index (χ0v) is 15.1. The van der Waals surface area contributed by atoms with Gasteiger partial charge in [0.05, 0.1) is 6.04 Å². The van der Waals surface area contributed by atoms with Gasteiger partial charge in [-0.3, -0.25) is 4.79 Å². The van der Waals surface area contributed by atoms with Gasteiger partial charge in [0.2, 0.25) is 0 Å². The van der Waals surface area contributed by atoms with Crippen LogP contribution in [0.1, 0.15) is 19.4 Å². The van der Waals surface area contributed by atoms with Crippen molar-refractivity contribution in [3.8, 4) is 10.4 Å². The molecule has 0 amide bonds. The normalized spacial score (nSPS) is 17.8. The smallest absolute Gasteiger partial charge is 0.253 e. The Morgan fingerprint density at radius 1 is 1.29 bits per heavy atom. The molecule has 5 nitrogen and oxygen atoms in total. The minimum absolute atomic E-state index is 0.176. The SMILES string of the molecule is CC(C)[C@H](C(=O)CO)N1Cc2cc(-c3ccccc3)sc2S1(=O)=O. The first-order valence-corrected chi connectivity index (χ1v) is 9.95. The molecule has 3 rings (SSSR count). The van der Waals surface area contributed by atoms with Gasteiger partial charge in [0, 0.05) is 11.4 Å². The van der Waals surface area contributed by atoms with Crippen molar-refractivity contribution in [3.63, 3.8) is 0 Å². The average molecular weight is 365 g/mol. The quantitative estimate of drug-likeness (QED) is 0.883. The number of ketones is 1. The highest BCUT2D eigenvalue weighted by Gasteiger charge is 2.44. The third-order valence-corrected chi connectivity index (χ3v) is 7.73. The van der Waals surface area contributed by atoms with Gasteiger partial charge in [-0.25, -0.2) is 8.42 Å². The van der Waals surface area contributed by atoms with Crippen molar-refractivity contribution in [1.29, 1.82) is 0 Å². The number of nitrogens with zero attached hydrogens (tertiary/aromatic N) is 1. The molecule has 0 bridgehead atoms. The molecular weight excluding hydrogens is 346 g/mol. The first-order chi connectivity index (χ1) is 11.4. The van der Waals surface area contributed by atoms with Gasteiger partial charge in [-0.2, -0.15) is 4.31 Å². The summed E-state index contributed by atoms with van der Waals surface area (Å²) in [5.74, 6) is -0.672. The van der Waals surface area contributed by atoms with Crippen molar-refractivity contribution in [1.82, 2.24) is 4.31 Å². The molecule has 0 saturated heterocycles. The summed E-state index contributed by atoms with van der Waals surface area (Å²) >= 11 is 1.23. The minimum atomic E-state index is -3.71. The second kappa shape index (κ2) is 6.40. The van der Waals surface area contributed by atoms with Gasteiger partial charge in [0.1, 0.15) is 10.8 Å². The van der Waals surface area contributed by atoms with Gasteiger partial charge in [-0.1, -0.05) is 44.2 Å². The molecule has 1 aromatic heterocycles. The lowest BCUT2D eigenvalue weighted by atomic mass is 10.00. The van der Waals surface area contributed by atoms with Crippen LogP contribution in [0, 0.1) is 5.92 Å². The maximum absolute atomic E-state index is 12.9. The lowest BCUT2D eigenvalue weighted by Gasteiger charge is -2.27. The second-order valence-corrected chi connectivity index (χ2v) is 9.29. The van der Waals surface area contributed by atoms with Crippen LogP contribution in [0.4, 0.5) is 0 Å². The maximum Gasteiger partial charge on any atom is 0.253 e. The summed E-state index contributed by atoms with van der Waals surface area (Å²) in [5.41, 5.74) is 1.70. The van der Waals surface area contributed by atoms with E-state index >= 15 is 0 Å². The molecule has 0 saturated carbocycles. The molecular formula is C17H19NO4S2. The Balaban J connectivity index is 1.99. The van der Waals surface area contributed by atoms with Gasteiger partial charge in [-0.05, 0) is 23.1 Å². The number of benzene rings is 1. The Morgan fingerprint density at radius 3 is 2.50 bits per heavy atom. The number of hydrogen-bond donors (Lipinski definition) is 1. The maximum atomic E-state index is 12.9. The Hall–Kier alpha value is -1.54. The van der Waals surface area contributed by atoms with E-state index in [1.54, 1.807) is 13.8 Å². The zero-order valence-electron chi connectivity index (χ0n) is 13.5. The summed E-state index contributed by atoms with van der Waals surface area (Å²) in [6, 6.07) is 10.7. The molecule has 2 heterocycles. The number of aliphatic hydroxyl groups excluding tert-OH is 1. The number of Topliss-reactive ketones (excluding diaryl/α,β-unsaturated/α-hetero) is 1. The molecule has 0 spiro atoms. The first kappa shape index (κ1) is 17.3. The molecule has 1 aromatic carbocycles. The van der Waals surface area contributed by atoms with Gasteiger partial charge < -0.3 is 5.11 Å². The van der Waals surface area contributed by atoms with Crippen LogP contribution < -0.4 is 0 Å². The molecule has 0 unspecified atom stereocenters. The van der Waals surface area contributed by atoms with Crippen molar-refractivity contribution in [3.05, 3.63) is 42.0 Å². The Kier molecular flexibility index (Phi) is 4.61. The van der Waals surface area contributed by atoms with E-state index in [0.29, 0.717) is 4.21 Å². The predicted molar refractivity (Wildman–Crippen MR) is 93.2 cm³/mol. The van der Waals surface area contributed by atoms with Gasteiger partial charge in [0.25, 0.3) is 10.0 Å². The molecule has 2 aromatic rings. The average Bonchev–Trinajstić information content (AvgIpc) is 3.07. The number of aliphatic hydroxyl groups is 1. The fourth-order valence-electron chi connectivity index (χ4n) is 3.05. The molecule has 1 aliphatic rings. The van der Waals surface area contributed by atoms with E-state index in [-0.39, 0.29) is 12.5 Å². The zero-order chi connectivity index (χ0) is 17.5. The Bertz CT molecular complexity index is 856. The Labute approximate surface area is 145 Å². The number of hydrogen-bond acceptors (Lipinski definition) is 5. The van der Waals surface area contributed by atoms with Crippen LogP contribution in [-0.4, -0.2) is 36.3 Å². The van der Waals surface area contributed by atoms with Crippen molar-refractivity contribution < 1.29 is 18.3 Å². The van der Waals surface area contributed by atoms with E-state index in [2.05, 4.69) is 0 Å². The number of carbonyl (C=O) groups excluding carboxylic acids is 1. The van der Waals surface area contributed by atoms with Crippen LogP contribution in [0.25, 0.3) is 10.4 Å². The highest BCUT2D eigenvalue weighted by molar-refractivity contribution is 7.91. The number of rotatable bonds is 5. The van der Waals surface area contributed by atoms with E-state index in [0.717, 1.165) is 16.0 Å². The summed E-state index contributed by atoms with van der Waals surface area (Å²) in [6.45, 7) is 3.10. The van der Waals surface area contributed by atoms with E-state index in [9.17, 15) is 18.3 Å². The lowest BCUT2D eigenvalue weighted by Crippen LogP contribution is -2.46. The highest BCUT2D eigenvalue weighted by Crippen LogP contribution is 2.42. The minimum Gasteiger partial charge on any atom is -0.389 e. The van der Waals surface area contributed by atoms with E-state index in [1.165, 1.54) is 15.6 Å².